The summed E-state index contributed by atoms with van der Waals surface area (Å²) in [6.45, 7) is 2.76. The van der Waals surface area contributed by atoms with Gasteiger partial charge in [-0.1, -0.05) is 0 Å². The average Bonchev–Trinajstić information content (AvgIpc) is 2.61. The topological polar surface area (TPSA) is 136 Å². The van der Waals surface area contributed by atoms with Gasteiger partial charge in [-0.3, -0.25) is 29.8 Å². The second-order valence-corrected chi connectivity index (χ2v) is 5.73. The molecule has 0 aliphatic rings. The molecule has 0 aromatic heterocycles. The Morgan fingerprint density at radius 3 is 2.11 bits per heavy atom. The predicted molar refractivity (Wildman–Crippen MR) is 98.0 cm³/mol. The molecular weight excluding hydrogens is 356 g/mol. The standard InChI is InChI=1S/C17H16N4O6/c1-10-15(8-14(20(24)25)9-16(10)21(26)27)17(23)18-12-4-6-13(7-5-12)19(3)11(2)22/h4-9H,1-3H3,(H,18,23). The van der Waals surface area contributed by atoms with Crippen LogP contribution in [0.4, 0.5) is 22.7 Å². The first-order valence-electron chi connectivity index (χ1n) is 7.71. The molecule has 0 atom stereocenters. The van der Waals surface area contributed by atoms with Gasteiger partial charge in [-0.25, -0.2) is 0 Å². The van der Waals surface area contributed by atoms with Gasteiger partial charge in [-0.15, -0.1) is 0 Å². The summed E-state index contributed by atoms with van der Waals surface area (Å²) in [5.74, 6) is -0.877. The smallest absolute Gasteiger partial charge is 0.279 e. The number of hydrogen-bond donors (Lipinski definition) is 1. The van der Waals surface area contributed by atoms with Crippen molar-refractivity contribution in [1.29, 1.82) is 0 Å². The number of non-ortho nitro benzene ring substituents is 1. The number of carbonyl (C=O) groups is 2. The van der Waals surface area contributed by atoms with Crippen LogP contribution >= 0.6 is 0 Å². The number of nitro groups is 2. The molecule has 2 amide bonds. The fraction of sp³-hybridized carbons (Fsp3) is 0.176. The van der Waals surface area contributed by atoms with Crippen molar-refractivity contribution < 1.29 is 19.4 Å². The van der Waals surface area contributed by atoms with Gasteiger partial charge in [0.2, 0.25) is 5.91 Å². The Hall–Kier alpha value is -3.82. The van der Waals surface area contributed by atoms with Crippen LogP contribution in [-0.4, -0.2) is 28.7 Å². The third kappa shape index (κ3) is 4.24. The van der Waals surface area contributed by atoms with E-state index in [1.54, 1.807) is 31.3 Å². The van der Waals surface area contributed by atoms with Crippen LogP contribution in [0.5, 0.6) is 0 Å². The van der Waals surface area contributed by atoms with Crippen LogP contribution in [0.25, 0.3) is 0 Å². The molecular formula is C17H16N4O6. The van der Waals surface area contributed by atoms with Crippen molar-refractivity contribution in [1.82, 2.24) is 0 Å². The second kappa shape index (κ2) is 7.60. The number of rotatable bonds is 5. The Kier molecular flexibility index (Phi) is 5.49. The van der Waals surface area contributed by atoms with Crippen molar-refractivity contribution in [2.75, 3.05) is 17.3 Å². The van der Waals surface area contributed by atoms with E-state index in [1.165, 1.54) is 18.7 Å². The van der Waals surface area contributed by atoms with Crippen LogP contribution in [0.3, 0.4) is 0 Å². The van der Waals surface area contributed by atoms with Crippen molar-refractivity contribution in [3.05, 3.63) is 67.8 Å². The van der Waals surface area contributed by atoms with E-state index in [0.29, 0.717) is 11.4 Å². The highest BCUT2D eigenvalue weighted by atomic mass is 16.6. The van der Waals surface area contributed by atoms with Gasteiger partial charge in [0.05, 0.1) is 21.5 Å². The van der Waals surface area contributed by atoms with Gasteiger partial charge in [-0.05, 0) is 31.2 Å². The van der Waals surface area contributed by atoms with E-state index in [-0.39, 0.29) is 17.0 Å². The molecule has 2 aromatic carbocycles. The van der Waals surface area contributed by atoms with E-state index in [1.807, 2.05) is 0 Å². The Morgan fingerprint density at radius 1 is 1.04 bits per heavy atom. The summed E-state index contributed by atoms with van der Waals surface area (Å²) in [5, 5.41) is 24.6. The first-order valence-corrected chi connectivity index (χ1v) is 7.71. The van der Waals surface area contributed by atoms with Crippen molar-refractivity contribution in [2.24, 2.45) is 0 Å². The minimum Gasteiger partial charge on any atom is -0.322 e. The zero-order valence-electron chi connectivity index (χ0n) is 14.8. The van der Waals surface area contributed by atoms with Crippen LogP contribution in [-0.2, 0) is 4.79 Å². The molecule has 1 N–H and O–H groups in total. The van der Waals surface area contributed by atoms with Crippen LogP contribution in [0.2, 0.25) is 0 Å². The van der Waals surface area contributed by atoms with Gasteiger partial charge in [0.25, 0.3) is 17.3 Å². The van der Waals surface area contributed by atoms with Crippen molar-refractivity contribution >= 4 is 34.6 Å². The van der Waals surface area contributed by atoms with Crippen LogP contribution in [0.1, 0.15) is 22.8 Å². The molecule has 0 aliphatic carbocycles. The van der Waals surface area contributed by atoms with E-state index in [2.05, 4.69) is 5.32 Å². The lowest BCUT2D eigenvalue weighted by Gasteiger charge is -2.15. The average molecular weight is 372 g/mol. The maximum atomic E-state index is 12.5. The van der Waals surface area contributed by atoms with Crippen molar-refractivity contribution in [2.45, 2.75) is 13.8 Å². The van der Waals surface area contributed by atoms with Crippen LogP contribution < -0.4 is 10.2 Å². The molecule has 0 fully saturated rings. The largest absolute Gasteiger partial charge is 0.322 e. The van der Waals surface area contributed by atoms with Gasteiger partial charge in [0.15, 0.2) is 0 Å². The molecule has 0 saturated carbocycles. The first kappa shape index (κ1) is 19.5. The maximum absolute atomic E-state index is 12.5. The number of nitrogens with one attached hydrogen (secondary N) is 1. The highest BCUT2D eigenvalue weighted by Gasteiger charge is 2.24. The minimum absolute atomic E-state index is 0.0241. The van der Waals surface area contributed by atoms with Gasteiger partial charge < -0.3 is 10.2 Å². The van der Waals surface area contributed by atoms with E-state index in [0.717, 1.165) is 12.1 Å². The van der Waals surface area contributed by atoms with E-state index < -0.39 is 27.1 Å². The Balaban J connectivity index is 2.34. The van der Waals surface area contributed by atoms with Crippen LogP contribution in [0, 0.1) is 27.2 Å². The minimum atomic E-state index is -0.796. The molecule has 0 unspecified atom stereocenters. The second-order valence-electron chi connectivity index (χ2n) is 5.73. The zero-order valence-corrected chi connectivity index (χ0v) is 14.8. The quantitative estimate of drug-likeness (QED) is 0.633. The summed E-state index contributed by atoms with van der Waals surface area (Å²) < 4.78 is 0. The fourth-order valence-corrected chi connectivity index (χ4v) is 2.36. The number of hydrogen-bond acceptors (Lipinski definition) is 6. The number of anilines is 2. The van der Waals surface area contributed by atoms with E-state index in [4.69, 9.17) is 0 Å². The lowest BCUT2D eigenvalue weighted by atomic mass is 10.0. The summed E-state index contributed by atoms with van der Waals surface area (Å²) in [7, 11) is 1.60. The number of carbonyl (C=O) groups excluding carboxylic acids is 2. The summed E-state index contributed by atoms with van der Waals surface area (Å²) in [6, 6.07) is 8.13. The van der Waals surface area contributed by atoms with Crippen molar-refractivity contribution in [3.8, 4) is 0 Å². The Labute approximate surface area is 153 Å². The third-order valence-corrected chi connectivity index (χ3v) is 4.00. The molecule has 0 aliphatic heterocycles. The number of nitrogens with zero attached hydrogens (tertiary/aromatic N) is 3. The lowest BCUT2D eigenvalue weighted by molar-refractivity contribution is -0.394. The molecule has 27 heavy (non-hydrogen) atoms. The molecule has 0 bridgehead atoms. The molecule has 0 heterocycles. The molecule has 0 saturated heterocycles. The lowest BCUT2D eigenvalue weighted by Crippen LogP contribution is -2.22. The number of benzene rings is 2. The summed E-state index contributed by atoms with van der Waals surface area (Å²) in [6.07, 6.45) is 0. The monoisotopic (exact) mass is 372 g/mol. The van der Waals surface area contributed by atoms with Gasteiger partial charge >= 0.3 is 0 Å². The predicted octanol–water partition coefficient (Wildman–Crippen LogP) is 3.05. The molecule has 2 aromatic rings. The first-order chi connectivity index (χ1) is 12.6. The maximum Gasteiger partial charge on any atom is 0.279 e. The fourth-order valence-electron chi connectivity index (χ4n) is 2.36. The molecule has 140 valence electrons. The van der Waals surface area contributed by atoms with E-state index in [9.17, 15) is 29.8 Å². The Bertz CT molecular complexity index is 939. The highest BCUT2D eigenvalue weighted by Crippen LogP contribution is 2.28. The number of nitro benzene ring substituents is 2. The normalized spacial score (nSPS) is 10.2. The van der Waals surface area contributed by atoms with Crippen LogP contribution in [0.15, 0.2) is 36.4 Å². The summed E-state index contributed by atoms with van der Waals surface area (Å²) in [4.78, 5) is 45.8. The third-order valence-electron chi connectivity index (χ3n) is 4.00. The zero-order chi connectivity index (χ0) is 20.3. The molecule has 0 spiro atoms. The van der Waals surface area contributed by atoms with E-state index >= 15 is 0 Å². The van der Waals surface area contributed by atoms with Gasteiger partial charge in [-0.2, -0.15) is 0 Å². The summed E-state index contributed by atoms with van der Waals surface area (Å²) in [5.41, 5.74) is -0.211. The molecule has 10 nitrogen and oxygen atoms in total. The molecule has 0 radical (unpaired) electrons. The van der Waals surface area contributed by atoms with Gasteiger partial charge in [0, 0.05) is 37.0 Å². The van der Waals surface area contributed by atoms with Gasteiger partial charge in [0.1, 0.15) is 0 Å². The number of amides is 2. The molecule has 10 heteroatoms. The molecule has 2 rings (SSSR count). The SMILES string of the molecule is CC(=O)N(C)c1ccc(NC(=O)c2cc([N+](=O)[O-])cc([N+](=O)[O-])c2C)cc1. The highest BCUT2D eigenvalue weighted by molar-refractivity contribution is 6.06. The summed E-state index contributed by atoms with van der Waals surface area (Å²) >= 11 is 0. The van der Waals surface area contributed by atoms with Crippen molar-refractivity contribution in [3.63, 3.8) is 0 Å². The Morgan fingerprint density at radius 2 is 1.63 bits per heavy atom.